The van der Waals surface area contributed by atoms with Gasteiger partial charge in [-0.2, -0.15) is 5.10 Å². The number of aromatic nitrogens is 2. The van der Waals surface area contributed by atoms with Gasteiger partial charge in [0, 0.05) is 26.1 Å². The lowest BCUT2D eigenvalue weighted by molar-refractivity contribution is -0.145. The summed E-state index contributed by atoms with van der Waals surface area (Å²) in [6.45, 7) is 5.73. The van der Waals surface area contributed by atoms with Crippen LogP contribution in [0.25, 0.3) is 0 Å². The molecular formula is C19H31N5O3. The van der Waals surface area contributed by atoms with Gasteiger partial charge >= 0.3 is 0 Å². The Morgan fingerprint density at radius 3 is 2.56 bits per heavy atom. The topological polar surface area (TPSA) is 81.9 Å². The van der Waals surface area contributed by atoms with Gasteiger partial charge in [0.1, 0.15) is 6.10 Å². The third-order valence-electron chi connectivity index (χ3n) is 5.92. The van der Waals surface area contributed by atoms with Crippen LogP contribution in [0, 0.1) is 5.41 Å². The summed E-state index contributed by atoms with van der Waals surface area (Å²) < 4.78 is 1.85. The quantitative estimate of drug-likeness (QED) is 0.825. The Hall–Kier alpha value is -1.93. The molecule has 0 aromatic carbocycles. The monoisotopic (exact) mass is 377 g/mol. The van der Waals surface area contributed by atoms with Crippen molar-refractivity contribution in [3.8, 4) is 0 Å². The second-order valence-corrected chi connectivity index (χ2v) is 8.38. The standard InChI is InChI=1S/C19H31N5O3/c1-19(5-7-22(4)8-6-19)18(27)23-9-10-24-14(13-23)11-15(20-24)16(25)12-17(26)21(2)3/h11,16,25H,5-10,12-13H2,1-4H3. The van der Waals surface area contributed by atoms with Crippen LogP contribution in [0.4, 0.5) is 0 Å². The van der Waals surface area contributed by atoms with E-state index >= 15 is 0 Å². The van der Waals surface area contributed by atoms with Crippen molar-refractivity contribution in [1.29, 1.82) is 0 Å². The van der Waals surface area contributed by atoms with Gasteiger partial charge in [0.25, 0.3) is 0 Å². The van der Waals surface area contributed by atoms with Crippen molar-refractivity contribution in [2.45, 2.75) is 45.4 Å². The highest BCUT2D eigenvalue weighted by Gasteiger charge is 2.40. The van der Waals surface area contributed by atoms with Crippen molar-refractivity contribution < 1.29 is 14.7 Å². The van der Waals surface area contributed by atoms with Crippen LogP contribution in [0.5, 0.6) is 0 Å². The van der Waals surface area contributed by atoms with Crippen molar-refractivity contribution in [1.82, 2.24) is 24.5 Å². The smallest absolute Gasteiger partial charge is 0.229 e. The molecule has 8 heteroatoms. The van der Waals surface area contributed by atoms with Crippen LogP contribution in [-0.2, 0) is 22.7 Å². The lowest BCUT2D eigenvalue weighted by atomic mass is 9.79. The fraction of sp³-hybridized carbons (Fsp3) is 0.737. The zero-order valence-electron chi connectivity index (χ0n) is 16.8. The molecule has 3 heterocycles. The molecule has 8 nitrogen and oxygen atoms in total. The van der Waals surface area contributed by atoms with Gasteiger partial charge < -0.3 is 19.8 Å². The van der Waals surface area contributed by atoms with Crippen molar-refractivity contribution >= 4 is 11.8 Å². The Balaban J connectivity index is 1.67. The van der Waals surface area contributed by atoms with E-state index in [9.17, 15) is 14.7 Å². The average molecular weight is 377 g/mol. The van der Waals surface area contributed by atoms with Gasteiger partial charge in [0.2, 0.25) is 11.8 Å². The highest BCUT2D eigenvalue weighted by Crippen LogP contribution is 2.34. The molecule has 1 unspecified atom stereocenters. The summed E-state index contributed by atoms with van der Waals surface area (Å²) in [6.07, 6.45) is 0.856. The van der Waals surface area contributed by atoms with Crippen molar-refractivity contribution in [2.75, 3.05) is 40.8 Å². The van der Waals surface area contributed by atoms with Gasteiger partial charge in [-0.05, 0) is 39.0 Å². The van der Waals surface area contributed by atoms with Crippen molar-refractivity contribution in [3.05, 3.63) is 17.5 Å². The number of amides is 2. The summed E-state index contributed by atoms with van der Waals surface area (Å²) in [7, 11) is 5.43. The number of likely N-dealkylation sites (tertiary alicyclic amines) is 1. The molecule has 1 saturated heterocycles. The number of hydrogen-bond donors (Lipinski definition) is 1. The summed E-state index contributed by atoms with van der Waals surface area (Å²) in [5.41, 5.74) is 1.12. The second kappa shape index (κ2) is 7.59. The van der Waals surface area contributed by atoms with Gasteiger partial charge in [0.05, 0.1) is 30.9 Å². The minimum Gasteiger partial charge on any atom is -0.386 e. The molecule has 1 aromatic heterocycles. The van der Waals surface area contributed by atoms with E-state index in [0.717, 1.165) is 31.6 Å². The molecule has 1 atom stereocenters. The molecule has 0 bridgehead atoms. The first-order valence-corrected chi connectivity index (χ1v) is 9.62. The Labute approximate surface area is 160 Å². The number of hydrogen-bond acceptors (Lipinski definition) is 5. The Kier molecular flexibility index (Phi) is 5.58. The van der Waals surface area contributed by atoms with E-state index in [1.54, 1.807) is 14.1 Å². The largest absolute Gasteiger partial charge is 0.386 e. The number of aliphatic hydroxyl groups is 1. The molecule has 0 spiro atoms. The predicted molar refractivity (Wildman–Crippen MR) is 101 cm³/mol. The predicted octanol–water partition coefficient (Wildman–Crippen LogP) is 0.469. The van der Waals surface area contributed by atoms with E-state index in [-0.39, 0.29) is 23.7 Å². The van der Waals surface area contributed by atoms with Crippen LogP contribution in [0.2, 0.25) is 0 Å². The summed E-state index contributed by atoms with van der Waals surface area (Å²) in [6, 6.07) is 1.82. The summed E-state index contributed by atoms with van der Waals surface area (Å²) >= 11 is 0. The maximum absolute atomic E-state index is 13.1. The fourth-order valence-corrected chi connectivity index (χ4v) is 3.78. The van der Waals surface area contributed by atoms with Gasteiger partial charge in [-0.25, -0.2) is 0 Å². The summed E-state index contributed by atoms with van der Waals surface area (Å²) in [5, 5.41) is 14.8. The number of aliphatic hydroxyl groups excluding tert-OH is 1. The third-order valence-corrected chi connectivity index (χ3v) is 5.92. The van der Waals surface area contributed by atoms with E-state index in [0.29, 0.717) is 25.3 Å². The molecule has 0 radical (unpaired) electrons. The van der Waals surface area contributed by atoms with E-state index < -0.39 is 6.10 Å². The lowest BCUT2D eigenvalue weighted by Crippen LogP contribution is -2.50. The molecule has 150 valence electrons. The van der Waals surface area contributed by atoms with Gasteiger partial charge in [-0.1, -0.05) is 6.92 Å². The molecule has 2 amide bonds. The zero-order chi connectivity index (χ0) is 19.8. The molecule has 2 aliphatic heterocycles. The highest BCUT2D eigenvalue weighted by atomic mass is 16.3. The Bertz CT molecular complexity index is 706. The maximum atomic E-state index is 13.1. The van der Waals surface area contributed by atoms with Crippen LogP contribution in [-0.4, -0.2) is 82.2 Å². The SMILES string of the molecule is CN1CCC(C)(C(=O)N2CCn3nc(C(O)CC(=O)N(C)C)cc3C2)CC1. The molecule has 2 aliphatic rings. The Morgan fingerprint density at radius 2 is 1.93 bits per heavy atom. The number of fused-ring (bicyclic) bond motifs is 1. The molecule has 1 fully saturated rings. The van der Waals surface area contributed by atoms with Crippen LogP contribution in [0.1, 0.15) is 43.7 Å². The first-order valence-electron chi connectivity index (χ1n) is 9.62. The van der Waals surface area contributed by atoms with Crippen LogP contribution >= 0.6 is 0 Å². The minimum atomic E-state index is -0.923. The molecule has 27 heavy (non-hydrogen) atoms. The minimum absolute atomic E-state index is 0.0116. The van der Waals surface area contributed by atoms with E-state index in [1.165, 1.54) is 4.90 Å². The van der Waals surface area contributed by atoms with Gasteiger partial charge in [-0.15, -0.1) is 0 Å². The molecule has 0 aliphatic carbocycles. The molecule has 3 rings (SSSR count). The normalized spacial score (nSPS) is 20.9. The van der Waals surface area contributed by atoms with Crippen LogP contribution < -0.4 is 0 Å². The van der Waals surface area contributed by atoms with Crippen molar-refractivity contribution in [2.24, 2.45) is 5.41 Å². The summed E-state index contributed by atoms with van der Waals surface area (Å²) in [5.74, 6) is 0.0772. The molecule has 0 saturated carbocycles. The van der Waals surface area contributed by atoms with Crippen molar-refractivity contribution in [3.63, 3.8) is 0 Å². The van der Waals surface area contributed by atoms with Crippen LogP contribution in [0.3, 0.4) is 0 Å². The zero-order valence-corrected chi connectivity index (χ0v) is 16.8. The van der Waals surface area contributed by atoms with Crippen LogP contribution in [0.15, 0.2) is 6.07 Å². The fourth-order valence-electron chi connectivity index (χ4n) is 3.78. The maximum Gasteiger partial charge on any atom is 0.229 e. The number of carbonyl (C=O) groups is 2. The Morgan fingerprint density at radius 1 is 1.26 bits per heavy atom. The number of rotatable bonds is 4. The first-order chi connectivity index (χ1) is 12.7. The highest BCUT2D eigenvalue weighted by molar-refractivity contribution is 5.82. The van der Waals surface area contributed by atoms with Gasteiger partial charge in [0.15, 0.2) is 0 Å². The number of carbonyl (C=O) groups excluding carboxylic acids is 2. The van der Waals surface area contributed by atoms with E-state index in [2.05, 4.69) is 24.0 Å². The van der Waals surface area contributed by atoms with E-state index in [1.807, 2.05) is 15.6 Å². The number of piperidine rings is 1. The lowest BCUT2D eigenvalue weighted by Gasteiger charge is -2.41. The third kappa shape index (κ3) is 4.16. The summed E-state index contributed by atoms with van der Waals surface area (Å²) in [4.78, 5) is 30.6. The number of nitrogens with zero attached hydrogens (tertiary/aromatic N) is 5. The average Bonchev–Trinajstić information content (AvgIpc) is 3.07. The van der Waals surface area contributed by atoms with Gasteiger partial charge in [-0.3, -0.25) is 14.3 Å². The molecule has 1 aromatic rings. The molecular weight excluding hydrogens is 346 g/mol. The second-order valence-electron chi connectivity index (χ2n) is 8.38. The molecule has 1 N–H and O–H groups in total. The van der Waals surface area contributed by atoms with E-state index in [4.69, 9.17) is 0 Å². The first kappa shape index (κ1) is 19.8.